The maximum Gasteiger partial charge on any atom is 0.298 e. The van der Waals surface area contributed by atoms with Crippen LogP contribution in [-0.2, 0) is 0 Å². The van der Waals surface area contributed by atoms with Gasteiger partial charge in [-0.2, -0.15) is 5.26 Å². The molecule has 1 aromatic rings. The van der Waals surface area contributed by atoms with Crippen LogP contribution in [0.4, 0.5) is 5.69 Å². The molecule has 0 aliphatic heterocycles. The van der Waals surface area contributed by atoms with Crippen molar-refractivity contribution in [1.29, 1.82) is 5.26 Å². The van der Waals surface area contributed by atoms with Gasteiger partial charge in [-0.15, -0.1) is 0 Å². The molecule has 1 aromatic carbocycles. The Bertz CT molecular complexity index is 533. The monoisotopic (exact) mass is 238 g/mol. The lowest BCUT2D eigenvalue weighted by Crippen LogP contribution is -2.03. The summed E-state index contributed by atoms with van der Waals surface area (Å²) in [6.45, 7) is 0. The van der Waals surface area contributed by atoms with Gasteiger partial charge in [0, 0.05) is 0 Å². The third kappa shape index (κ3) is 1.89. The molecule has 0 aromatic heterocycles. The maximum absolute atomic E-state index is 10.9. The fraction of sp³-hybridized carbons (Fsp3) is 0. The molecule has 0 saturated heterocycles. The molecule has 0 radical (unpaired) electrons. The quantitative estimate of drug-likeness (QED) is 0.345. The van der Waals surface area contributed by atoms with Crippen molar-refractivity contribution in [3.63, 3.8) is 0 Å². The summed E-state index contributed by atoms with van der Waals surface area (Å²) in [7, 11) is 0. The van der Waals surface area contributed by atoms with Gasteiger partial charge >= 0.3 is 0 Å². The number of nitro groups is 1. The summed E-state index contributed by atoms with van der Waals surface area (Å²) in [5.74, 6) is 0. The summed E-state index contributed by atoms with van der Waals surface area (Å²) < 4.78 is 0. The van der Waals surface area contributed by atoms with Crippen molar-refractivity contribution in [3.05, 3.63) is 38.9 Å². The van der Waals surface area contributed by atoms with Gasteiger partial charge in [-0.25, -0.2) is 0 Å². The molecule has 6 nitrogen and oxygen atoms in total. The Morgan fingerprint density at radius 1 is 1.56 bits per heavy atom. The summed E-state index contributed by atoms with van der Waals surface area (Å²) in [4.78, 5) is 31.2. The van der Waals surface area contributed by atoms with Crippen LogP contribution < -0.4 is 0 Å². The van der Waals surface area contributed by atoms with Crippen molar-refractivity contribution < 1.29 is 14.5 Å². The highest BCUT2D eigenvalue weighted by Gasteiger charge is 2.25. The molecule has 0 aliphatic carbocycles. The van der Waals surface area contributed by atoms with Crippen molar-refractivity contribution in [1.82, 2.24) is 0 Å². The van der Waals surface area contributed by atoms with Crippen LogP contribution in [0.5, 0.6) is 0 Å². The second-order valence-electron chi connectivity index (χ2n) is 2.69. The molecule has 0 fully saturated rings. The van der Waals surface area contributed by atoms with Crippen molar-refractivity contribution in [2.45, 2.75) is 0 Å². The van der Waals surface area contributed by atoms with Gasteiger partial charge < -0.3 is 0 Å². The van der Waals surface area contributed by atoms with Gasteiger partial charge in [-0.1, -0.05) is 0 Å². The van der Waals surface area contributed by atoms with Gasteiger partial charge in [-0.3, -0.25) is 19.7 Å². The Kier molecular flexibility index (Phi) is 3.33. The average Bonchev–Trinajstić information content (AvgIpc) is 2.26. The van der Waals surface area contributed by atoms with E-state index in [0.717, 1.165) is 12.1 Å². The maximum atomic E-state index is 10.9. The van der Waals surface area contributed by atoms with Gasteiger partial charge in [0.25, 0.3) is 10.9 Å². The second-order valence-corrected chi connectivity index (χ2v) is 3.03. The molecule has 7 heteroatoms. The van der Waals surface area contributed by atoms with Crippen molar-refractivity contribution in [2.75, 3.05) is 0 Å². The fourth-order valence-corrected chi connectivity index (χ4v) is 1.33. The predicted octanol–water partition coefficient (Wildman–Crippen LogP) is 1.66. The zero-order valence-electron chi connectivity index (χ0n) is 7.64. The van der Waals surface area contributed by atoms with E-state index in [-0.39, 0.29) is 17.4 Å². The molecule has 0 bridgehead atoms. The zero-order chi connectivity index (χ0) is 12.3. The van der Waals surface area contributed by atoms with Crippen LogP contribution in [0.3, 0.4) is 0 Å². The number of nitrogens with zero attached hydrogens (tertiary/aromatic N) is 2. The van der Waals surface area contributed by atoms with Gasteiger partial charge in [0.2, 0.25) is 0 Å². The summed E-state index contributed by atoms with van der Waals surface area (Å²) in [5.41, 5.74) is -1.77. The number of halogens is 1. The highest BCUT2D eigenvalue weighted by atomic mass is 35.5. The van der Waals surface area contributed by atoms with E-state index in [4.69, 9.17) is 16.9 Å². The smallest absolute Gasteiger partial charge is 0.298 e. The lowest BCUT2D eigenvalue weighted by atomic mass is 10.0. The lowest BCUT2D eigenvalue weighted by molar-refractivity contribution is -0.385. The number of carbonyl (C=O) groups excluding carboxylic acids is 2. The Morgan fingerprint density at radius 2 is 2.19 bits per heavy atom. The molecule has 0 amide bonds. The van der Waals surface area contributed by atoms with Gasteiger partial charge in [0.15, 0.2) is 6.29 Å². The summed E-state index contributed by atoms with van der Waals surface area (Å²) >= 11 is 5.16. The Hall–Kier alpha value is -2.26. The van der Waals surface area contributed by atoms with Crippen LogP contribution in [0.1, 0.15) is 26.3 Å². The van der Waals surface area contributed by atoms with Gasteiger partial charge in [0.1, 0.15) is 11.6 Å². The molecule has 0 N–H and O–H groups in total. The standard InChI is InChI=1S/C9H3ClN2O4/c10-9(14)6-2-1-5(4-13)8(12(15)16)7(6)3-11/h1-2,4H. The molecule has 0 aliphatic rings. The molecule has 0 spiro atoms. The molecule has 1 rings (SSSR count). The minimum Gasteiger partial charge on any atom is -0.298 e. The molecule has 80 valence electrons. The topological polar surface area (TPSA) is 101 Å². The van der Waals surface area contributed by atoms with Crippen molar-refractivity contribution in [2.24, 2.45) is 0 Å². The van der Waals surface area contributed by atoms with Crippen LogP contribution in [0, 0.1) is 21.4 Å². The normalized spacial score (nSPS) is 9.25. The third-order valence-corrected chi connectivity index (χ3v) is 2.05. The molecule has 0 atom stereocenters. The van der Waals surface area contributed by atoms with Crippen molar-refractivity contribution in [3.8, 4) is 6.07 Å². The highest BCUT2D eigenvalue weighted by Crippen LogP contribution is 2.26. The molecular weight excluding hydrogens is 236 g/mol. The second kappa shape index (κ2) is 4.51. The van der Waals surface area contributed by atoms with Gasteiger partial charge in [-0.05, 0) is 23.7 Å². The van der Waals surface area contributed by atoms with E-state index in [9.17, 15) is 19.7 Å². The number of rotatable bonds is 3. The molecule has 16 heavy (non-hydrogen) atoms. The number of nitro benzene ring substituents is 1. The van der Waals surface area contributed by atoms with Crippen LogP contribution in [-0.4, -0.2) is 16.5 Å². The summed E-state index contributed by atoms with van der Waals surface area (Å²) in [5, 5.41) is 18.4. The number of aldehydes is 1. The minimum atomic E-state index is -0.989. The van der Waals surface area contributed by atoms with Crippen LogP contribution in [0.2, 0.25) is 0 Å². The first-order chi connectivity index (χ1) is 7.52. The van der Waals surface area contributed by atoms with Crippen LogP contribution in [0.15, 0.2) is 12.1 Å². The summed E-state index contributed by atoms with van der Waals surface area (Å²) in [6, 6.07) is 3.67. The third-order valence-electron chi connectivity index (χ3n) is 1.84. The average molecular weight is 239 g/mol. The Balaban J connectivity index is 3.71. The van der Waals surface area contributed by atoms with E-state index < -0.39 is 21.4 Å². The minimum absolute atomic E-state index is 0.238. The zero-order valence-corrected chi connectivity index (χ0v) is 8.39. The molecule has 0 saturated carbocycles. The first-order valence-corrected chi connectivity index (χ1v) is 4.27. The summed E-state index contributed by atoms with van der Waals surface area (Å²) in [6.07, 6.45) is 0.238. The largest absolute Gasteiger partial charge is 0.298 e. The van der Waals surface area contributed by atoms with E-state index in [1.54, 1.807) is 0 Å². The Labute approximate surface area is 94.2 Å². The van der Waals surface area contributed by atoms with Crippen LogP contribution in [0.25, 0.3) is 0 Å². The predicted molar refractivity (Wildman–Crippen MR) is 53.4 cm³/mol. The lowest BCUT2D eigenvalue weighted by Gasteiger charge is -2.01. The molecular formula is C9H3ClN2O4. The van der Waals surface area contributed by atoms with Crippen molar-refractivity contribution >= 4 is 28.8 Å². The van der Waals surface area contributed by atoms with E-state index in [2.05, 4.69) is 0 Å². The van der Waals surface area contributed by atoms with E-state index >= 15 is 0 Å². The van der Waals surface area contributed by atoms with E-state index in [0.29, 0.717) is 0 Å². The highest BCUT2D eigenvalue weighted by molar-refractivity contribution is 6.68. The van der Waals surface area contributed by atoms with Crippen LogP contribution >= 0.6 is 11.6 Å². The first kappa shape index (κ1) is 11.8. The van der Waals surface area contributed by atoms with Gasteiger partial charge in [0.05, 0.1) is 16.1 Å². The molecule has 0 unspecified atom stereocenters. The first-order valence-electron chi connectivity index (χ1n) is 3.89. The van der Waals surface area contributed by atoms with E-state index in [1.807, 2.05) is 0 Å². The number of benzene rings is 1. The number of hydrogen-bond donors (Lipinski definition) is 0. The Morgan fingerprint density at radius 3 is 2.56 bits per heavy atom. The SMILES string of the molecule is N#Cc1c(C(=O)Cl)ccc(C=O)c1[N+](=O)[O-]. The number of carbonyl (C=O) groups is 2. The number of hydrogen-bond acceptors (Lipinski definition) is 5. The number of nitriles is 1. The fourth-order valence-electron chi connectivity index (χ4n) is 1.18. The molecule has 0 heterocycles. The van der Waals surface area contributed by atoms with E-state index in [1.165, 1.54) is 6.07 Å².